The first-order chi connectivity index (χ1) is 13.5. The standard InChI is InChI=1S/C20H19ClFNO3.C2H6/c1-4-26-20(24)19-12(2)17-16(10-9-15(21)18(17)22)23(19)11-13-5-7-14(25-3)8-6-13;1-2/h5-10H,4,11H2,1-3H3;1-2H3. The molecule has 4 nitrogen and oxygen atoms in total. The summed E-state index contributed by atoms with van der Waals surface area (Å²) >= 11 is 5.94. The third-order valence-electron chi connectivity index (χ3n) is 4.33. The van der Waals surface area contributed by atoms with Crippen molar-refractivity contribution in [1.82, 2.24) is 4.57 Å². The van der Waals surface area contributed by atoms with Crippen LogP contribution in [0.1, 0.15) is 42.4 Å². The molecule has 0 radical (unpaired) electrons. The van der Waals surface area contributed by atoms with Gasteiger partial charge in [0.2, 0.25) is 0 Å². The Hall–Kier alpha value is -2.53. The van der Waals surface area contributed by atoms with Crippen LogP contribution in [0.4, 0.5) is 4.39 Å². The highest BCUT2D eigenvalue weighted by Crippen LogP contribution is 2.33. The fraction of sp³-hybridized carbons (Fsp3) is 0.318. The highest BCUT2D eigenvalue weighted by molar-refractivity contribution is 6.31. The highest BCUT2D eigenvalue weighted by atomic mass is 35.5. The van der Waals surface area contributed by atoms with Gasteiger partial charge in [0.05, 0.1) is 24.3 Å². The Morgan fingerprint density at radius 1 is 1.14 bits per heavy atom. The lowest BCUT2D eigenvalue weighted by Gasteiger charge is -2.11. The molecule has 0 bridgehead atoms. The number of benzene rings is 2. The molecule has 3 rings (SSSR count). The molecule has 1 heterocycles. The SMILES string of the molecule is CC.CCOC(=O)c1c(C)c2c(F)c(Cl)ccc2n1Cc1ccc(OC)cc1. The summed E-state index contributed by atoms with van der Waals surface area (Å²) in [5.41, 5.74) is 2.40. The molecular formula is C22H25ClFNO3. The molecule has 0 spiro atoms. The van der Waals surface area contributed by atoms with Gasteiger partial charge in [-0.15, -0.1) is 0 Å². The molecule has 2 aromatic carbocycles. The molecule has 0 aliphatic rings. The molecule has 28 heavy (non-hydrogen) atoms. The lowest BCUT2D eigenvalue weighted by atomic mass is 10.1. The minimum atomic E-state index is -0.527. The summed E-state index contributed by atoms with van der Waals surface area (Å²) < 4.78 is 26.8. The van der Waals surface area contributed by atoms with Gasteiger partial charge < -0.3 is 14.0 Å². The second-order valence-corrected chi connectivity index (χ2v) is 6.29. The number of carbonyl (C=O) groups excluding carboxylic acids is 1. The lowest BCUT2D eigenvalue weighted by Crippen LogP contribution is -2.14. The smallest absolute Gasteiger partial charge is 0.355 e. The molecule has 0 N–H and O–H groups in total. The topological polar surface area (TPSA) is 40.5 Å². The summed E-state index contributed by atoms with van der Waals surface area (Å²) in [5.74, 6) is -0.267. The Labute approximate surface area is 169 Å². The van der Waals surface area contributed by atoms with Crippen LogP contribution in [0.15, 0.2) is 36.4 Å². The maximum atomic E-state index is 14.6. The number of carbonyl (C=O) groups is 1. The van der Waals surface area contributed by atoms with Gasteiger partial charge >= 0.3 is 5.97 Å². The average molecular weight is 406 g/mol. The van der Waals surface area contributed by atoms with Gasteiger partial charge in [-0.2, -0.15) is 0 Å². The van der Waals surface area contributed by atoms with Crippen LogP contribution in [0.3, 0.4) is 0 Å². The summed E-state index contributed by atoms with van der Waals surface area (Å²) in [6.45, 7) is 8.08. The fourth-order valence-electron chi connectivity index (χ4n) is 3.10. The van der Waals surface area contributed by atoms with Crippen LogP contribution in [0.2, 0.25) is 5.02 Å². The second kappa shape index (κ2) is 9.60. The van der Waals surface area contributed by atoms with Gasteiger partial charge in [-0.25, -0.2) is 9.18 Å². The van der Waals surface area contributed by atoms with Crippen molar-refractivity contribution in [2.24, 2.45) is 0 Å². The number of halogens is 2. The molecule has 0 unspecified atom stereocenters. The zero-order chi connectivity index (χ0) is 20.8. The highest BCUT2D eigenvalue weighted by Gasteiger charge is 2.24. The molecule has 6 heteroatoms. The van der Waals surface area contributed by atoms with E-state index in [0.717, 1.165) is 11.3 Å². The maximum absolute atomic E-state index is 14.6. The van der Waals surface area contributed by atoms with Crippen LogP contribution in [-0.4, -0.2) is 24.3 Å². The van der Waals surface area contributed by atoms with E-state index in [1.807, 2.05) is 38.1 Å². The Bertz CT molecular complexity index is 964. The Balaban J connectivity index is 0.00000136. The van der Waals surface area contributed by atoms with Crippen molar-refractivity contribution < 1.29 is 18.7 Å². The van der Waals surface area contributed by atoms with Gasteiger partial charge in [-0.05, 0) is 49.2 Å². The third-order valence-corrected chi connectivity index (χ3v) is 4.62. The van der Waals surface area contributed by atoms with Gasteiger partial charge in [0, 0.05) is 11.9 Å². The maximum Gasteiger partial charge on any atom is 0.355 e. The van der Waals surface area contributed by atoms with E-state index in [0.29, 0.717) is 28.7 Å². The molecule has 0 aliphatic carbocycles. The Kier molecular flexibility index (Phi) is 7.46. The minimum Gasteiger partial charge on any atom is -0.497 e. The number of rotatable bonds is 5. The first kappa shape index (κ1) is 21.8. The summed E-state index contributed by atoms with van der Waals surface area (Å²) in [5, 5.41) is 0.367. The van der Waals surface area contributed by atoms with Crippen LogP contribution in [0, 0.1) is 12.7 Å². The van der Waals surface area contributed by atoms with E-state index in [-0.39, 0.29) is 11.6 Å². The van der Waals surface area contributed by atoms with E-state index in [9.17, 15) is 9.18 Å². The van der Waals surface area contributed by atoms with Gasteiger partial charge in [0.1, 0.15) is 11.4 Å². The largest absolute Gasteiger partial charge is 0.497 e. The minimum absolute atomic E-state index is 0.0256. The average Bonchev–Trinajstić information content (AvgIpc) is 2.99. The van der Waals surface area contributed by atoms with E-state index in [1.165, 1.54) is 6.07 Å². The summed E-state index contributed by atoms with van der Waals surface area (Å²) in [7, 11) is 1.60. The quantitative estimate of drug-likeness (QED) is 0.488. The zero-order valence-corrected chi connectivity index (χ0v) is 17.6. The number of ether oxygens (including phenoxy) is 2. The van der Waals surface area contributed by atoms with E-state index in [1.54, 1.807) is 31.6 Å². The van der Waals surface area contributed by atoms with E-state index >= 15 is 0 Å². The van der Waals surface area contributed by atoms with Gasteiger partial charge in [0.25, 0.3) is 0 Å². The van der Waals surface area contributed by atoms with Gasteiger partial charge in [-0.3, -0.25) is 0 Å². The molecule has 0 saturated carbocycles. The van der Waals surface area contributed by atoms with Crippen LogP contribution < -0.4 is 4.74 Å². The molecular weight excluding hydrogens is 381 g/mol. The number of hydrogen-bond donors (Lipinski definition) is 0. The summed E-state index contributed by atoms with van der Waals surface area (Å²) in [6.07, 6.45) is 0. The van der Waals surface area contributed by atoms with Crippen molar-refractivity contribution in [3.05, 3.63) is 64.1 Å². The first-order valence-electron chi connectivity index (χ1n) is 9.24. The normalized spacial score (nSPS) is 10.4. The molecule has 0 aliphatic heterocycles. The summed E-state index contributed by atoms with van der Waals surface area (Å²) in [6, 6.07) is 10.7. The number of aryl methyl sites for hydroxylation is 1. The number of fused-ring (bicyclic) bond motifs is 1. The first-order valence-corrected chi connectivity index (χ1v) is 9.62. The number of methoxy groups -OCH3 is 1. The van der Waals surface area contributed by atoms with Gasteiger partial charge in [0.15, 0.2) is 5.82 Å². The molecule has 150 valence electrons. The monoisotopic (exact) mass is 405 g/mol. The van der Waals surface area contributed by atoms with Crippen molar-refractivity contribution in [2.75, 3.05) is 13.7 Å². The number of hydrogen-bond acceptors (Lipinski definition) is 3. The molecule has 0 saturated heterocycles. The predicted octanol–water partition coefficient (Wildman–Crippen LogP) is 6.00. The Morgan fingerprint density at radius 3 is 2.36 bits per heavy atom. The molecule has 0 fully saturated rings. The van der Waals surface area contributed by atoms with Crippen LogP contribution in [-0.2, 0) is 11.3 Å². The second-order valence-electron chi connectivity index (χ2n) is 5.88. The van der Waals surface area contributed by atoms with Crippen LogP contribution >= 0.6 is 11.6 Å². The van der Waals surface area contributed by atoms with E-state index < -0.39 is 11.8 Å². The van der Waals surface area contributed by atoms with Crippen molar-refractivity contribution in [3.8, 4) is 5.75 Å². The Morgan fingerprint density at radius 2 is 1.79 bits per heavy atom. The molecule has 0 amide bonds. The van der Waals surface area contributed by atoms with E-state index in [2.05, 4.69) is 0 Å². The predicted molar refractivity (Wildman–Crippen MR) is 111 cm³/mol. The number of nitrogens with zero attached hydrogens (tertiary/aromatic N) is 1. The van der Waals surface area contributed by atoms with Crippen LogP contribution in [0.25, 0.3) is 10.9 Å². The van der Waals surface area contributed by atoms with Crippen molar-refractivity contribution >= 4 is 28.5 Å². The number of esters is 1. The van der Waals surface area contributed by atoms with Crippen molar-refractivity contribution in [3.63, 3.8) is 0 Å². The summed E-state index contributed by atoms with van der Waals surface area (Å²) in [4.78, 5) is 12.5. The number of aromatic nitrogens is 1. The lowest BCUT2D eigenvalue weighted by molar-refractivity contribution is 0.0514. The fourth-order valence-corrected chi connectivity index (χ4v) is 3.26. The molecule has 3 aromatic rings. The van der Waals surface area contributed by atoms with E-state index in [4.69, 9.17) is 21.1 Å². The molecule has 1 aromatic heterocycles. The van der Waals surface area contributed by atoms with Crippen LogP contribution in [0.5, 0.6) is 5.75 Å². The zero-order valence-electron chi connectivity index (χ0n) is 16.8. The van der Waals surface area contributed by atoms with Gasteiger partial charge in [-0.1, -0.05) is 37.6 Å². The van der Waals surface area contributed by atoms with Crippen molar-refractivity contribution in [1.29, 1.82) is 0 Å². The van der Waals surface area contributed by atoms with Crippen molar-refractivity contribution in [2.45, 2.75) is 34.2 Å². The third kappa shape index (κ3) is 4.14. The molecule has 0 atom stereocenters.